The van der Waals surface area contributed by atoms with Gasteiger partial charge in [0.1, 0.15) is 0 Å². The summed E-state index contributed by atoms with van der Waals surface area (Å²) >= 11 is 0. The Labute approximate surface area is 141 Å². The molecule has 1 aromatic carbocycles. The summed E-state index contributed by atoms with van der Waals surface area (Å²) in [5.41, 5.74) is 1.91. The number of nitrogens with one attached hydrogen (secondary N) is 1. The van der Waals surface area contributed by atoms with Crippen LogP contribution in [0.15, 0.2) is 29.2 Å². The van der Waals surface area contributed by atoms with Gasteiger partial charge in [-0.05, 0) is 45.6 Å². The lowest BCUT2D eigenvalue weighted by atomic mass is 9.76. The molecule has 1 aliphatic heterocycles. The molecule has 2 heterocycles. The molecule has 1 fully saturated rings. The van der Waals surface area contributed by atoms with Crippen molar-refractivity contribution in [3.63, 3.8) is 0 Å². The van der Waals surface area contributed by atoms with E-state index in [0.717, 1.165) is 16.6 Å². The van der Waals surface area contributed by atoms with Crippen LogP contribution in [0.25, 0.3) is 0 Å². The van der Waals surface area contributed by atoms with Crippen molar-refractivity contribution in [2.24, 2.45) is 0 Å². The number of benzene rings is 1. The molecule has 1 saturated heterocycles. The number of aromatic amines is 1. The summed E-state index contributed by atoms with van der Waals surface area (Å²) in [4.78, 5) is 14.0. The second kappa shape index (κ2) is 5.53. The van der Waals surface area contributed by atoms with Crippen molar-refractivity contribution in [2.45, 2.75) is 52.4 Å². The molecule has 1 aliphatic rings. The predicted molar refractivity (Wildman–Crippen MR) is 92.7 cm³/mol. The van der Waals surface area contributed by atoms with Crippen molar-refractivity contribution in [1.82, 2.24) is 9.55 Å². The predicted octanol–water partition coefficient (Wildman–Crippen LogP) is 1.54. The van der Waals surface area contributed by atoms with Crippen molar-refractivity contribution >= 4 is 12.6 Å². The number of imidazole rings is 1. The van der Waals surface area contributed by atoms with E-state index in [1.54, 1.807) is 0 Å². The quantitative estimate of drug-likeness (QED) is 0.837. The van der Waals surface area contributed by atoms with E-state index in [1.165, 1.54) is 10.8 Å². The maximum Gasteiger partial charge on any atom is 0.495 e. The lowest BCUT2D eigenvalue weighted by Gasteiger charge is -2.32. The first kappa shape index (κ1) is 16.9. The molecule has 0 aliphatic carbocycles. The van der Waals surface area contributed by atoms with E-state index in [1.807, 2.05) is 52.8 Å². The Bertz CT molecular complexity index is 806. The average Bonchev–Trinajstić information content (AvgIpc) is 2.85. The summed E-state index contributed by atoms with van der Waals surface area (Å²) < 4.78 is 13.6. The minimum atomic E-state index is -0.400. The molecule has 7 heteroatoms. The van der Waals surface area contributed by atoms with Gasteiger partial charge in [0.2, 0.25) is 5.88 Å². The zero-order valence-corrected chi connectivity index (χ0v) is 14.7. The van der Waals surface area contributed by atoms with Crippen LogP contribution in [-0.4, -0.2) is 33.0 Å². The van der Waals surface area contributed by atoms with Crippen LogP contribution < -0.4 is 11.2 Å². The van der Waals surface area contributed by atoms with Gasteiger partial charge in [0.15, 0.2) is 0 Å². The summed E-state index contributed by atoms with van der Waals surface area (Å²) in [6.45, 7) is 10.5. The first-order valence-electron chi connectivity index (χ1n) is 8.02. The van der Waals surface area contributed by atoms with E-state index in [0.29, 0.717) is 6.54 Å². The molecule has 0 spiro atoms. The Morgan fingerprint density at radius 1 is 1.21 bits per heavy atom. The number of aryl methyl sites for hydroxylation is 1. The van der Waals surface area contributed by atoms with E-state index in [-0.39, 0.29) is 22.8 Å². The van der Waals surface area contributed by atoms with Gasteiger partial charge in [0, 0.05) is 0 Å². The van der Waals surface area contributed by atoms with Gasteiger partial charge in [-0.25, -0.2) is 4.79 Å². The molecule has 2 N–H and O–H groups in total. The minimum absolute atomic E-state index is 0.134. The Morgan fingerprint density at radius 3 is 2.33 bits per heavy atom. The van der Waals surface area contributed by atoms with E-state index < -0.39 is 7.12 Å². The van der Waals surface area contributed by atoms with Crippen LogP contribution >= 0.6 is 0 Å². The normalized spacial score (nSPS) is 19.0. The topological polar surface area (TPSA) is 76.5 Å². The van der Waals surface area contributed by atoms with Crippen LogP contribution in [0, 0.1) is 6.92 Å². The Hall–Kier alpha value is -1.99. The first-order valence-corrected chi connectivity index (χ1v) is 8.02. The molecular weight excluding hydrogens is 307 g/mol. The van der Waals surface area contributed by atoms with E-state index in [4.69, 9.17) is 9.31 Å². The number of aromatic hydroxyl groups is 1. The second-order valence-corrected chi connectivity index (χ2v) is 7.35. The third-order valence-corrected chi connectivity index (χ3v) is 4.97. The van der Waals surface area contributed by atoms with Crippen LogP contribution in [0.5, 0.6) is 5.88 Å². The van der Waals surface area contributed by atoms with E-state index in [9.17, 15) is 9.90 Å². The van der Waals surface area contributed by atoms with Crippen LogP contribution in [0.1, 0.15) is 38.8 Å². The largest absolute Gasteiger partial charge is 0.495 e. The Kier molecular flexibility index (Phi) is 3.88. The monoisotopic (exact) mass is 330 g/mol. The molecule has 128 valence electrons. The van der Waals surface area contributed by atoms with Crippen molar-refractivity contribution in [1.29, 1.82) is 0 Å². The molecular formula is C17H23BN2O4. The fourth-order valence-corrected chi connectivity index (χ4v) is 2.80. The fourth-order valence-electron chi connectivity index (χ4n) is 2.80. The molecule has 6 nitrogen and oxygen atoms in total. The van der Waals surface area contributed by atoms with Crippen molar-refractivity contribution in [3.05, 3.63) is 46.0 Å². The molecule has 0 unspecified atom stereocenters. The number of nitrogens with zero attached hydrogens (tertiary/aromatic N) is 1. The summed E-state index contributed by atoms with van der Waals surface area (Å²) in [6.07, 6.45) is 1.39. The summed E-state index contributed by atoms with van der Waals surface area (Å²) in [6, 6.07) is 5.94. The third-order valence-electron chi connectivity index (χ3n) is 4.97. The molecule has 0 saturated carbocycles. The van der Waals surface area contributed by atoms with Crippen molar-refractivity contribution in [3.8, 4) is 5.88 Å². The average molecular weight is 330 g/mol. The van der Waals surface area contributed by atoms with Crippen molar-refractivity contribution in [2.75, 3.05) is 0 Å². The number of hydrogen-bond donors (Lipinski definition) is 2. The van der Waals surface area contributed by atoms with Crippen LogP contribution in [0.4, 0.5) is 0 Å². The van der Waals surface area contributed by atoms with E-state index >= 15 is 0 Å². The maximum atomic E-state index is 11.7. The van der Waals surface area contributed by atoms with Gasteiger partial charge in [-0.2, -0.15) is 0 Å². The summed E-state index contributed by atoms with van der Waals surface area (Å²) in [7, 11) is -0.400. The first-order chi connectivity index (χ1) is 11.1. The molecule has 0 atom stereocenters. The zero-order valence-electron chi connectivity index (χ0n) is 14.7. The minimum Gasteiger partial charge on any atom is -0.493 e. The Balaban J connectivity index is 1.83. The van der Waals surface area contributed by atoms with Gasteiger partial charge >= 0.3 is 12.8 Å². The third kappa shape index (κ3) is 2.89. The SMILES string of the molecule is Cc1cc(Cn2cc(O)[nH]c2=O)ccc1B1OC(C)(C)C(C)(C)O1. The summed E-state index contributed by atoms with van der Waals surface area (Å²) in [5.74, 6) is -0.134. The molecule has 2 aromatic rings. The van der Waals surface area contributed by atoms with Gasteiger partial charge in [-0.1, -0.05) is 23.8 Å². The highest BCUT2D eigenvalue weighted by atomic mass is 16.7. The van der Waals surface area contributed by atoms with Crippen LogP contribution in [0.3, 0.4) is 0 Å². The van der Waals surface area contributed by atoms with E-state index in [2.05, 4.69) is 4.98 Å². The number of rotatable bonds is 3. The number of hydrogen-bond acceptors (Lipinski definition) is 4. The van der Waals surface area contributed by atoms with Crippen molar-refractivity contribution < 1.29 is 14.4 Å². The molecule has 0 amide bonds. The second-order valence-electron chi connectivity index (χ2n) is 7.35. The van der Waals surface area contributed by atoms with Gasteiger partial charge in [-0.15, -0.1) is 0 Å². The highest BCUT2D eigenvalue weighted by molar-refractivity contribution is 6.62. The van der Waals surface area contributed by atoms with Gasteiger partial charge in [-0.3, -0.25) is 9.55 Å². The summed E-state index contributed by atoms with van der Waals surface area (Å²) in [5, 5.41) is 9.34. The standard InChI is InChI=1S/C17H23BN2O4/c1-11-8-12(9-20-10-14(21)19-15(20)22)6-7-13(11)18-23-16(2,3)17(4,5)24-18/h6-8,10,21H,9H2,1-5H3,(H,19,22). The molecule has 0 radical (unpaired) electrons. The number of aromatic nitrogens is 2. The van der Waals surface area contributed by atoms with Gasteiger partial charge < -0.3 is 14.4 Å². The molecule has 3 rings (SSSR count). The van der Waals surface area contributed by atoms with Crippen LogP contribution in [-0.2, 0) is 15.9 Å². The maximum absolute atomic E-state index is 11.7. The molecule has 24 heavy (non-hydrogen) atoms. The molecule has 1 aromatic heterocycles. The Morgan fingerprint density at radius 2 is 1.83 bits per heavy atom. The fraction of sp³-hybridized carbons (Fsp3) is 0.471. The lowest BCUT2D eigenvalue weighted by molar-refractivity contribution is 0.00578. The van der Waals surface area contributed by atoms with Gasteiger partial charge in [0.25, 0.3) is 0 Å². The number of H-pyrrole nitrogens is 1. The van der Waals surface area contributed by atoms with Crippen LogP contribution in [0.2, 0.25) is 0 Å². The lowest BCUT2D eigenvalue weighted by Crippen LogP contribution is -2.41. The highest BCUT2D eigenvalue weighted by Gasteiger charge is 2.51. The molecule has 0 bridgehead atoms. The van der Waals surface area contributed by atoms with Gasteiger partial charge in [0.05, 0.1) is 23.9 Å². The highest BCUT2D eigenvalue weighted by Crippen LogP contribution is 2.36. The zero-order chi connectivity index (χ0) is 17.7. The smallest absolute Gasteiger partial charge is 0.493 e.